The highest BCUT2D eigenvalue weighted by molar-refractivity contribution is 6.35. The largest absolute Gasteiger partial charge is 0.493 e. The molecule has 10 heteroatoms. The van der Waals surface area contributed by atoms with Gasteiger partial charge < -0.3 is 23.8 Å². The number of benzene rings is 2. The first-order valence-corrected chi connectivity index (χ1v) is 11.7. The molecule has 4 rings (SSSR count). The van der Waals surface area contributed by atoms with Crippen LogP contribution in [0.4, 0.5) is 4.79 Å². The fraction of sp³-hybridized carbons (Fsp3) is 0.400. The molecule has 2 aromatic rings. The van der Waals surface area contributed by atoms with Crippen molar-refractivity contribution in [1.29, 1.82) is 0 Å². The molecule has 1 atom stereocenters. The summed E-state index contributed by atoms with van der Waals surface area (Å²) in [6.45, 7) is 0.859. The van der Waals surface area contributed by atoms with Crippen LogP contribution >= 0.6 is 11.6 Å². The Labute approximate surface area is 208 Å². The van der Waals surface area contributed by atoms with E-state index in [1.54, 1.807) is 17.0 Å². The predicted octanol–water partition coefficient (Wildman–Crippen LogP) is 3.53. The molecule has 0 spiro atoms. The summed E-state index contributed by atoms with van der Waals surface area (Å²) in [5.74, 6) is -0.00962. The minimum atomic E-state index is -0.807. The normalized spacial score (nSPS) is 18.3. The van der Waals surface area contributed by atoms with E-state index in [1.165, 1.54) is 19.1 Å². The lowest BCUT2D eigenvalue weighted by Crippen LogP contribution is -2.52. The van der Waals surface area contributed by atoms with Gasteiger partial charge in [-0.25, -0.2) is 9.59 Å². The molecule has 0 aliphatic carbocycles. The van der Waals surface area contributed by atoms with E-state index >= 15 is 0 Å². The molecule has 0 N–H and O–H groups in total. The Bertz CT molecular complexity index is 1090. The van der Waals surface area contributed by atoms with Gasteiger partial charge in [0.15, 0.2) is 17.5 Å². The topological polar surface area (TPSA) is 94.6 Å². The molecule has 9 nitrogen and oxygen atoms in total. The van der Waals surface area contributed by atoms with Gasteiger partial charge in [-0.2, -0.15) is 0 Å². The fourth-order valence-electron chi connectivity index (χ4n) is 4.41. The van der Waals surface area contributed by atoms with Crippen molar-refractivity contribution in [1.82, 2.24) is 9.80 Å². The molecule has 186 valence electrons. The van der Waals surface area contributed by atoms with E-state index in [9.17, 15) is 14.4 Å². The molecular weight excluding hydrogens is 476 g/mol. The monoisotopic (exact) mass is 502 g/mol. The number of ether oxygens (including phenoxy) is 4. The third-order valence-corrected chi connectivity index (χ3v) is 6.64. The molecule has 2 heterocycles. The summed E-state index contributed by atoms with van der Waals surface area (Å²) in [5, 5.41) is 0.184. The van der Waals surface area contributed by atoms with Crippen LogP contribution in [0.3, 0.4) is 0 Å². The van der Waals surface area contributed by atoms with E-state index < -0.39 is 18.1 Å². The van der Waals surface area contributed by atoms with Gasteiger partial charge in [-0.05, 0) is 30.5 Å². The minimum absolute atomic E-state index is 0.0488. The van der Waals surface area contributed by atoms with Crippen molar-refractivity contribution < 1.29 is 33.3 Å². The Morgan fingerprint density at radius 1 is 1.06 bits per heavy atom. The van der Waals surface area contributed by atoms with E-state index in [4.69, 9.17) is 30.5 Å². The Morgan fingerprint density at radius 3 is 2.43 bits per heavy atom. The van der Waals surface area contributed by atoms with Crippen molar-refractivity contribution >= 4 is 29.6 Å². The zero-order valence-corrected chi connectivity index (χ0v) is 20.3. The van der Waals surface area contributed by atoms with Gasteiger partial charge >= 0.3 is 12.1 Å². The van der Waals surface area contributed by atoms with Gasteiger partial charge in [-0.1, -0.05) is 41.9 Å². The lowest BCUT2D eigenvalue weighted by atomic mass is 10.0. The molecule has 2 fully saturated rings. The van der Waals surface area contributed by atoms with Crippen molar-refractivity contribution in [2.45, 2.75) is 31.5 Å². The van der Waals surface area contributed by atoms with Crippen LogP contribution in [0.25, 0.3) is 0 Å². The summed E-state index contributed by atoms with van der Waals surface area (Å²) in [6.07, 6.45) is 0.446. The fourth-order valence-corrected chi connectivity index (χ4v) is 4.73. The van der Waals surface area contributed by atoms with Crippen LogP contribution in [0.15, 0.2) is 42.5 Å². The molecule has 0 radical (unpaired) electrons. The van der Waals surface area contributed by atoms with Gasteiger partial charge in [0, 0.05) is 19.1 Å². The van der Waals surface area contributed by atoms with Crippen molar-refractivity contribution in [2.75, 3.05) is 33.9 Å². The van der Waals surface area contributed by atoms with Crippen LogP contribution in [-0.4, -0.2) is 73.8 Å². The second-order valence-corrected chi connectivity index (χ2v) is 8.66. The summed E-state index contributed by atoms with van der Waals surface area (Å²) >= 11 is 6.41. The van der Waals surface area contributed by atoms with Gasteiger partial charge in [0.1, 0.15) is 13.2 Å². The number of likely N-dealkylation sites (tertiary alicyclic amines) is 1. The standard InChI is InChI=1S/C25H27ClN2O7/c1-32-20-9-8-18(21(26)22(20)33-2)23(29)27-12-10-17(11-13-27)28-19(15-35-25(28)31)24(30)34-14-16-6-4-3-5-7-16/h3-9,17,19H,10-15H2,1-2H3/t19-/m0/s1. The van der Waals surface area contributed by atoms with E-state index in [0.29, 0.717) is 43.0 Å². The van der Waals surface area contributed by atoms with Crippen LogP contribution in [0.5, 0.6) is 11.5 Å². The number of hydrogen-bond donors (Lipinski definition) is 0. The minimum Gasteiger partial charge on any atom is -0.493 e. The van der Waals surface area contributed by atoms with Crippen molar-refractivity contribution in [2.24, 2.45) is 0 Å². The third kappa shape index (κ3) is 5.14. The molecule has 2 amide bonds. The molecule has 0 bridgehead atoms. The molecular formula is C25H27ClN2O7. The maximum absolute atomic E-state index is 13.1. The van der Waals surface area contributed by atoms with Crippen molar-refractivity contribution in [3.8, 4) is 11.5 Å². The second-order valence-electron chi connectivity index (χ2n) is 8.28. The SMILES string of the molecule is COc1ccc(C(=O)N2CCC(N3C(=O)OC[C@H]3C(=O)OCc3ccccc3)CC2)c(Cl)c1OC. The number of carbonyl (C=O) groups excluding carboxylic acids is 3. The molecule has 0 unspecified atom stereocenters. The molecule has 2 saturated heterocycles. The highest BCUT2D eigenvalue weighted by Gasteiger charge is 2.44. The van der Waals surface area contributed by atoms with Gasteiger partial charge in [0.2, 0.25) is 0 Å². The summed E-state index contributed by atoms with van der Waals surface area (Å²) < 4.78 is 21.1. The van der Waals surface area contributed by atoms with Gasteiger partial charge in [-0.15, -0.1) is 0 Å². The Hall–Kier alpha value is -3.46. The van der Waals surface area contributed by atoms with Crippen LogP contribution in [-0.2, 0) is 20.9 Å². The number of methoxy groups -OCH3 is 2. The zero-order valence-electron chi connectivity index (χ0n) is 19.6. The first-order chi connectivity index (χ1) is 16.9. The number of nitrogens with zero attached hydrogens (tertiary/aromatic N) is 2. The molecule has 2 aromatic carbocycles. The van der Waals surface area contributed by atoms with Crippen LogP contribution in [0.1, 0.15) is 28.8 Å². The van der Waals surface area contributed by atoms with E-state index in [-0.39, 0.29) is 30.2 Å². The lowest BCUT2D eigenvalue weighted by molar-refractivity contribution is -0.150. The number of esters is 1. The number of halogens is 1. The molecule has 0 saturated carbocycles. The number of hydrogen-bond acceptors (Lipinski definition) is 7. The van der Waals surface area contributed by atoms with Gasteiger partial charge in [0.25, 0.3) is 5.91 Å². The molecule has 2 aliphatic heterocycles. The average molecular weight is 503 g/mol. The first-order valence-electron chi connectivity index (χ1n) is 11.3. The lowest BCUT2D eigenvalue weighted by Gasteiger charge is -2.37. The van der Waals surface area contributed by atoms with Gasteiger partial charge in [-0.3, -0.25) is 9.69 Å². The Balaban J connectivity index is 1.38. The highest BCUT2D eigenvalue weighted by atomic mass is 35.5. The third-order valence-electron chi connectivity index (χ3n) is 6.27. The summed E-state index contributed by atoms with van der Waals surface area (Å²) in [6, 6.07) is 11.5. The smallest absolute Gasteiger partial charge is 0.410 e. The maximum atomic E-state index is 13.1. The molecule has 0 aromatic heterocycles. The summed E-state index contributed by atoms with van der Waals surface area (Å²) in [4.78, 5) is 41.4. The van der Waals surface area contributed by atoms with Crippen molar-refractivity contribution in [3.63, 3.8) is 0 Å². The second kappa shape index (κ2) is 10.9. The Morgan fingerprint density at radius 2 is 1.77 bits per heavy atom. The number of cyclic esters (lactones) is 1. The van der Waals surface area contributed by atoms with Crippen LogP contribution < -0.4 is 9.47 Å². The summed E-state index contributed by atoms with van der Waals surface area (Å²) in [7, 11) is 2.95. The summed E-state index contributed by atoms with van der Waals surface area (Å²) in [5.41, 5.74) is 1.17. The average Bonchev–Trinajstić information content (AvgIpc) is 3.28. The predicted molar refractivity (Wildman–Crippen MR) is 127 cm³/mol. The van der Waals surface area contributed by atoms with E-state index in [0.717, 1.165) is 5.56 Å². The van der Waals surface area contributed by atoms with Crippen molar-refractivity contribution in [3.05, 3.63) is 58.6 Å². The zero-order chi connectivity index (χ0) is 24.9. The quantitative estimate of drug-likeness (QED) is 0.534. The number of amides is 2. The number of rotatable bonds is 7. The van der Waals surface area contributed by atoms with Crippen LogP contribution in [0.2, 0.25) is 5.02 Å². The van der Waals surface area contributed by atoms with Gasteiger partial charge in [0.05, 0.1) is 24.8 Å². The highest BCUT2D eigenvalue weighted by Crippen LogP contribution is 2.38. The molecule has 35 heavy (non-hydrogen) atoms. The van der Waals surface area contributed by atoms with Crippen LogP contribution in [0, 0.1) is 0 Å². The first kappa shape index (κ1) is 24.7. The van der Waals surface area contributed by atoms with E-state index in [2.05, 4.69) is 0 Å². The maximum Gasteiger partial charge on any atom is 0.410 e. The van der Waals surface area contributed by atoms with E-state index in [1.807, 2.05) is 30.3 Å². The molecule has 2 aliphatic rings. The Kier molecular flexibility index (Phi) is 7.65. The number of piperidine rings is 1. The number of carbonyl (C=O) groups is 3.